The molecule has 1 saturated heterocycles. The molecule has 1 rings (SSSR count). The SMILES string of the molecule is C1C[O][AlH][O]CCO1. The molecule has 0 aromatic carbocycles. The maximum Gasteiger partial charge on any atom is 0.649 e. The molecule has 1 aliphatic rings. The normalized spacial score (nSPS) is 23.0. The lowest BCUT2D eigenvalue weighted by Gasteiger charge is -2.09. The van der Waals surface area contributed by atoms with Gasteiger partial charge in [0.2, 0.25) is 0 Å². The van der Waals surface area contributed by atoms with Gasteiger partial charge in [-0.25, -0.2) is 0 Å². The minimum atomic E-state index is -0.628. The van der Waals surface area contributed by atoms with Crippen LogP contribution in [0.25, 0.3) is 0 Å². The molecule has 0 atom stereocenters. The molecule has 1 heterocycles. The van der Waals surface area contributed by atoms with Crippen molar-refractivity contribution in [2.45, 2.75) is 0 Å². The predicted molar refractivity (Wildman–Crippen MR) is 29.9 cm³/mol. The van der Waals surface area contributed by atoms with Gasteiger partial charge in [0.15, 0.2) is 0 Å². The molecule has 0 aliphatic carbocycles. The van der Waals surface area contributed by atoms with Crippen LogP contribution in [0, 0.1) is 0 Å². The summed E-state index contributed by atoms with van der Waals surface area (Å²) in [6, 6.07) is 0. The fraction of sp³-hybridized carbons (Fsp3) is 1.00. The Labute approximate surface area is 55.3 Å². The second-order valence-corrected chi connectivity index (χ2v) is 2.60. The van der Waals surface area contributed by atoms with Gasteiger partial charge in [0.1, 0.15) is 0 Å². The van der Waals surface area contributed by atoms with Crippen molar-refractivity contribution in [2.75, 3.05) is 26.4 Å². The number of ether oxygens (including phenoxy) is 1. The maximum atomic E-state index is 5.07. The van der Waals surface area contributed by atoms with Gasteiger partial charge in [-0.1, -0.05) is 0 Å². The van der Waals surface area contributed by atoms with Gasteiger partial charge in [-0.05, 0) is 0 Å². The van der Waals surface area contributed by atoms with Crippen LogP contribution in [-0.2, 0) is 12.3 Å². The van der Waals surface area contributed by atoms with Gasteiger partial charge in [-0.15, -0.1) is 0 Å². The van der Waals surface area contributed by atoms with Crippen molar-refractivity contribution >= 4 is 15.9 Å². The zero-order valence-corrected chi connectivity index (χ0v) is 6.17. The van der Waals surface area contributed by atoms with Gasteiger partial charge in [-0.3, -0.25) is 0 Å². The summed E-state index contributed by atoms with van der Waals surface area (Å²) in [7, 11) is 0. The fourth-order valence-electron chi connectivity index (χ4n) is 0.515. The van der Waals surface area contributed by atoms with Crippen molar-refractivity contribution in [2.24, 2.45) is 0 Å². The van der Waals surface area contributed by atoms with Crippen LogP contribution >= 0.6 is 0 Å². The fourth-order valence-corrected chi connectivity index (χ4v) is 1.10. The Kier molecular flexibility index (Phi) is 3.52. The summed E-state index contributed by atoms with van der Waals surface area (Å²) in [6.07, 6.45) is 0. The summed E-state index contributed by atoms with van der Waals surface area (Å²) in [6.45, 7) is 2.89. The van der Waals surface area contributed by atoms with Crippen LogP contribution in [0.5, 0.6) is 0 Å². The van der Waals surface area contributed by atoms with E-state index in [0.29, 0.717) is 13.2 Å². The van der Waals surface area contributed by atoms with E-state index in [0.717, 1.165) is 13.2 Å². The quantitative estimate of drug-likeness (QED) is 0.408. The molecule has 8 heavy (non-hydrogen) atoms. The minimum Gasteiger partial charge on any atom is -0.479 e. The first kappa shape index (κ1) is 6.53. The summed E-state index contributed by atoms with van der Waals surface area (Å²) in [4.78, 5) is 0. The van der Waals surface area contributed by atoms with E-state index in [-0.39, 0.29) is 0 Å². The first-order valence-electron chi connectivity index (χ1n) is 2.73. The Morgan fingerprint density at radius 2 is 1.50 bits per heavy atom. The van der Waals surface area contributed by atoms with Crippen molar-refractivity contribution in [1.82, 2.24) is 0 Å². The molecule has 1 fully saturated rings. The molecular weight excluding hydrogens is 123 g/mol. The predicted octanol–water partition coefficient (Wildman–Crippen LogP) is -0.684. The van der Waals surface area contributed by atoms with Crippen molar-refractivity contribution in [3.63, 3.8) is 0 Å². The highest BCUT2D eigenvalue weighted by molar-refractivity contribution is 6.17. The van der Waals surface area contributed by atoms with E-state index in [4.69, 9.17) is 12.3 Å². The van der Waals surface area contributed by atoms with E-state index < -0.39 is 15.9 Å². The van der Waals surface area contributed by atoms with E-state index >= 15 is 0 Å². The monoisotopic (exact) mass is 132 g/mol. The largest absolute Gasteiger partial charge is 0.649 e. The van der Waals surface area contributed by atoms with Crippen LogP contribution in [0.2, 0.25) is 0 Å². The van der Waals surface area contributed by atoms with Crippen LogP contribution in [0.3, 0.4) is 0 Å². The Balaban J connectivity index is 2.00. The van der Waals surface area contributed by atoms with Crippen molar-refractivity contribution in [1.29, 1.82) is 0 Å². The van der Waals surface area contributed by atoms with Crippen LogP contribution in [0.1, 0.15) is 0 Å². The van der Waals surface area contributed by atoms with E-state index in [2.05, 4.69) is 0 Å². The zero-order chi connectivity index (χ0) is 5.66. The van der Waals surface area contributed by atoms with Crippen LogP contribution in [0.4, 0.5) is 0 Å². The molecule has 0 bridgehead atoms. The molecule has 0 aromatic rings. The average Bonchev–Trinajstić information content (AvgIpc) is 1.62. The van der Waals surface area contributed by atoms with E-state index in [1.165, 1.54) is 0 Å². The molecule has 0 saturated carbocycles. The number of hydrogen-bond acceptors (Lipinski definition) is 3. The summed E-state index contributed by atoms with van der Waals surface area (Å²) < 4.78 is 15.2. The number of rotatable bonds is 0. The summed E-state index contributed by atoms with van der Waals surface area (Å²) in [5, 5.41) is 0. The summed E-state index contributed by atoms with van der Waals surface area (Å²) in [5.74, 6) is 0. The third-order valence-corrected chi connectivity index (χ3v) is 1.82. The Morgan fingerprint density at radius 1 is 0.875 bits per heavy atom. The zero-order valence-electron chi connectivity index (χ0n) is 4.76. The molecular formula is C4H9AlO3. The molecule has 46 valence electrons. The molecule has 0 amide bonds. The third-order valence-electron chi connectivity index (χ3n) is 0.911. The van der Waals surface area contributed by atoms with E-state index in [9.17, 15) is 0 Å². The maximum absolute atomic E-state index is 5.07. The second-order valence-electron chi connectivity index (χ2n) is 1.55. The Hall–Kier alpha value is 0.412. The molecule has 1 aliphatic heterocycles. The van der Waals surface area contributed by atoms with E-state index in [1.807, 2.05) is 0 Å². The Bertz CT molecular complexity index is 35.2. The number of hydrogen-bond donors (Lipinski definition) is 0. The first-order chi connectivity index (χ1) is 4.00. The summed E-state index contributed by atoms with van der Waals surface area (Å²) in [5.41, 5.74) is 0. The third kappa shape index (κ3) is 2.65. The first-order valence-corrected chi connectivity index (χ1v) is 3.89. The molecule has 0 aromatic heterocycles. The van der Waals surface area contributed by atoms with E-state index in [1.54, 1.807) is 0 Å². The molecule has 3 nitrogen and oxygen atoms in total. The van der Waals surface area contributed by atoms with Gasteiger partial charge in [-0.2, -0.15) is 0 Å². The lowest BCUT2D eigenvalue weighted by Crippen LogP contribution is -2.18. The topological polar surface area (TPSA) is 27.7 Å². The van der Waals surface area contributed by atoms with Crippen LogP contribution < -0.4 is 0 Å². The Morgan fingerprint density at radius 3 is 2.12 bits per heavy atom. The van der Waals surface area contributed by atoms with Crippen molar-refractivity contribution in [3.05, 3.63) is 0 Å². The smallest absolute Gasteiger partial charge is 0.479 e. The molecule has 0 N–H and O–H groups in total. The average molecular weight is 132 g/mol. The van der Waals surface area contributed by atoms with Crippen LogP contribution in [-0.4, -0.2) is 42.3 Å². The highest BCUT2D eigenvalue weighted by Gasteiger charge is 1.99. The lowest BCUT2D eigenvalue weighted by atomic mass is 10.7. The minimum absolute atomic E-state index is 0.628. The van der Waals surface area contributed by atoms with Gasteiger partial charge in [0, 0.05) is 13.2 Å². The van der Waals surface area contributed by atoms with Gasteiger partial charge < -0.3 is 12.3 Å². The van der Waals surface area contributed by atoms with Gasteiger partial charge >= 0.3 is 15.9 Å². The molecule has 0 radical (unpaired) electrons. The van der Waals surface area contributed by atoms with Crippen molar-refractivity contribution in [3.8, 4) is 0 Å². The second kappa shape index (κ2) is 4.31. The summed E-state index contributed by atoms with van der Waals surface area (Å²) >= 11 is -0.628. The molecule has 0 unspecified atom stereocenters. The van der Waals surface area contributed by atoms with Gasteiger partial charge in [0.25, 0.3) is 0 Å². The van der Waals surface area contributed by atoms with Crippen molar-refractivity contribution < 1.29 is 12.3 Å². The highest BCUT2D eigenvalue weighted by Crippen LogP contribution is 1.83. The van der Waals surface area contributed by atoms with Gasteiger partial charge in [0.05, 0.1) is 13.2 Å². The lowest BCUT2D eigenvalue weighted by molar-refractivity contribution is 0.0436. The molecule has 4 heteroatoms. The highest BCUT2D eigenvalue weighted by atomic mass is 27.2. The van der Waals surface area contributed by atoms with Crippen LogP contribution in [0.15, 0.2) is 0 Å². The molecule has 0 spiro atoms. The standard InChI is InChI=1S/C4H8O3.Al.H/c5-1-3-7-4-2-6;;/h1-4H2;;/q-2;+2;.